The largest absolute Gasteiger partial charge is 0.350 e. The molecule has 4 nitrogen and oxygen atoms in total. The molecule has 3 N–H and O–H groups in total. The fourth-order valence-corrected chi connectivity index (χ4v) is 2.08. The van der Waals surface area contributed by atoms with E-state index in [4.69, 9.17) is 5.73 Å². The van der Waals surface area contributed by atoms with Crippen LogP contribution in [0.2, 0.25) is 0 Å². The van der Waals surface area contributed by atoms with Crippen molar-refractivity contribution in [1.82, 2.24) is 10.3 Å². The lowest BCUT2D eigenvalue weighted by Gasteiger charge is -2.24. The minimum Gasteiger partial charge on any atom is -0.350 e. The van der Waals surface area contributed by atoms with Crippen LogP contribution in [0.1, 0.15) is 30.8 Å². The molecule has 1 heterocycles. The lowest BCUT2D eigenvalue weighted by molar-refractivity contribution is 0.0930. The molecule has 2 rings (SSSR count). The fraction of sp³-hybridized carbons (Fsp3) is 0.375. The van der Waals surface area contributed by atoms with E-state index in [0.717, 1.165) is 17.3 Å². The van der Waals surface area contributed by atoms with Crippen molar-refractivity contribution in [3.05, 3.63) is 42.1 Å². The molecule has 1 amide bonds. The first kappa shape index (κ1) is 14.5. The van der Waals surface area contributed by atoms with Crippen molar-refractivity contribution in [2.45, 2.75) is 20.3 Å². The molecule has 1 aromatic carbocycles. The molecule has 0 atom stereocenters. The van der Waals surface area contributed by atoms with Gasteiger partial charge in [0, 0.05) is 11.9 Å². The highest BCUT2D eigenvalue weighted by Crippen LogP contribution is 2.18. The summed E-state index contributed by atoms with van der Waals surface area (Å²) in [6, 6.07) is 11.4. The van der Waals surface area contributed by atoms with Crippen LogP contribution in [-0.2, 0) is 0 Å². The van der Waals surface area contributed by atoms with Gasteiger partial charge in [-0.2, -0.15) is 0 Å². The van der Waals surface area contributed by atoms with Crippen molar-refractivity contribution in [3.63, 3.8) is 0 Å². The van der Waals surface area contributed by atoms with Crippen LogP contribution in [0, 0.1) is 5.41 Å². The molecule has 0 aliphatic rings. The number of nitrogens with zero attached hydrogens (tertiary/aromatic N) is 1. The summed E-state index contributed by atoms with van der Waals surface area (Å²) >= 11 is 0. The highest BCUT2D eigenvalue weighted by Gasteiger charge is 2.18. The van der Waals surface area contributed by atoms with Crippen molar-refractivity contribution < 1.29 is 4.79 Å². The summed E-state index contributed by atoms with van der Waals surface area (Å²) in [5, 5.41) is 3.97. The van der Waals surface area contributed by atoms with Gasteiger partial charge in [-0.1, -0.05) is 38.1 Å². The molecule has 0 unspecified atom stereocenters. The number of nitrogens with two attached hydrogens (primary N) is 1. The van der Waals surface area contributed by atoms with E-state index in [9.17, 15) is 4.79 Å². The smallest absolute Gasteiger partial charge is 0.269 e. The standard InChI is InChI=1S/C16H21N3O/c1-16(2,9-10-17)11-18-15(20)14-8-7-12-5-3-4-6-13(12)19-14/h3-8H,9-11,17H2,1-2H3,(H,18,20). The SMILES string of the molecule is CC(C)(CCN)CNC(=O)c1ccc2ccccc2n1. The number of hydrogen-bond acceptors (Lipinski definition) is 3. The highest BCUT2D eigenvalue weighted by atomic mass is 16.1. The third-order valence-corrected chi connectivity index (χ3v) is 3.38. The number of benzene rings is 1. The van der Waals surface area contributed by atoms with Crippen molar-refractivity contribution in [2.75, 3.05) is 13.1 Å². The Hall–Kier alpha value is -1.94. The number of para-hydroxylation sites is 1. The number of pyridine rings is 1. The van der Waals surface area contributed by atoms with Crippen LogP contribution in [-0.4, -0.2) is 24.0 Å². The molecule has 20 heavy (non-hydrogen) atoms. The van der Waals surface area contributed by atoms with E-state index in [2.05, 4.69) is 24.1 Å². The maximum absolute atomic E-state index is 12.1. The molecule has 0 fully saturated rings. The van der Waals surface area contributed by atoms with Crippen molar-refractivity contribution in [1.29, 1.82) is 0 Å². The van der Waals surface area contributed by atoms with E-state index >= 15 is 0 Å². The van der Waals surface area contributed by atoms with E-state index < -0.39 is 0 Å². The summed E-state index contributed by atoms with van der Waals surface area (Å²) in [5.41, 5.74) is 6.86. The van der Waals surface area contributed by atoms with E-state index in [1.165, 1.54) is 0 Å². The molecule has 0 bridgehead atoms. The Morgan fingerprint density at radius 1 is 1.25 bits per heavy atom. The Labute approximate surface area is 119 Å². The van der Waals surface area contributed by atoms with Gasteiger partial charge in [0.1, 0.15) is 5.69 Å². The van der Waals surface area contributed by atoms with Gasteiger partial charge in [0.25, 0.3) is 5.91 Å². The normalized spacial score (nSPS) is 11.6. The molecule has 106 valence electrons. The highest BCUT2D eigenvalue weighted by molar-refractivity contribution is 5.94. The number of carbonyl (C=O) groups excluding carboxylic acids is 1. The van der Waals surface area contributed by atoms with E-state index in [1.54, 1.807) is 6.07 Å². The van der Waals surface area contributed by atoms with Gasteiger partial charge in [-0.15, -0.1) is 0 Å². The molecule has 2 aromatic rings. The number of amides is 1. The Kier molecular flexibility index (Phi) is 4.35. The zero-order chi connectivity index (χ0) is 14.6. The molecular weight excluding hydrogens is 250 g/mol. The van der Waals surface area contributed by atoms with Crippen LogP contribution >= 0.6 is 0 Å². The maximum Gasteiger partial charge on any atom is 0.269 e. The fourth-order valence-electron chi connectivity index (χ4n) is 2.08. The molecule has 4 heteroatoms. The second-order valence-corrected chi connectivity index (χ2v) is 5.77. The van der Waals surface area contributed by atoms with Crippen LogP contribution in [0.3, 0.4) is 0 Å². The number of nitrogens with one attached hydrogen (secondary N) is 1. The van der Waals surface area contributed by atoms with Crippen LogP contribution in [0.25, 0.3) is 10.9 Å². The minimum absolute atomic E-state index is 0.00125. The Morgan fingerprint density at radius 3 is 2.75 bits per heavy atom. The average molecular weight is 271 g/mol. The van der Waals surface area contributed by atoms with Gasteiger partial charge in [0.2, 0.25) is 0 Å². The summed E-state index contributed by atoms with van der Waals surface area (Å²) in [4.78, 5) is 16.5. The van der Waals surface area contributed by atoms with Gasteiger partial charge in [0.05, 0.1) is 5.52 Å². The monoisotopic (exact) mass is 271 g/mol. The van der Waals surface area contributed by atoms with Crippen LogP contribution < -0.4 is 11.1 Å². The summed E-state index contributed by atoms with van der Waals surface area (Å²) in [7, 11) is 0. The van der Waals surface area contributed by atoms with Crippen molar-refractivity contribution >= 4 is 16.8 Å². The molecule has 1 aromatic heterocycles. The van der Waals surface area contributed by atoms with Gasteiger partial charge in [0.15, 0.2) is 0 Å². The predicted molar refractivity (Wildman–Crippen MR) is 81.5 cm³/mol. The molecule has 0 saturated carbocycles. The molecular formula is C16H21N3O. The van der Waals surface area contributed by atoms with Gasteiger partial charge in [-0.25, -0.2) is 4.98 Å². The summed E-state index contributed by atoms with van der Waals surface area (Å²) in [5.74, 6) is -0.138. The third kappa shape index (κ3) is 3.54. The molecule has 0 spiro atoms. The molecule has 0 saturated heterocycles. The van der Waals surface area contributed by atoms with Crippen molar-refractivity contribution in [2.24, 2.45) is 11.1 Å². The van der Waals surface area contributed by atoms with Crippen LogP contribution in [0.15, 0.2) is 36.4 Å². The Bertz CT molecular complexity index is 607. The quantitative estimate of drug-likeness (QED) is 0.877. The third-order valence-electron chi connectivity index (χ3n) is 3.38. The zero-order valence-corrected chi connectivity index (χ0v) is 12.0. The van der Waals surface area contributed by atoms with E-state index in [0.29, 0.717) is 18.8 Å². The number of aromatic nitrogens is 1. The first-order valence-corrected chi connectivity index (χ1v) is 6.86. The average Bonchev–Trinajstić information content (AvgIpc) is 2.44. The lowest BCUT2D eigenvalue weighted by Crippen LogP contribution is -2.35. The molecule has 0 aliphatic carbocycles. The number of rotatable bonds is 5. The van der Waals surface area contributed by atoms with E-state index in [1.807, 2.05) is 30.3 Å². The van der Waals surface area contributed by atoms with Gasteiger partial charge >= 0.3 is 0 Å². The topological polar surface area (TPSA) is 68.0 Å². The van der Waals surface area contributed by atoms with Gasteiger partial charge in [-0.3, -0.25) is 4.79 Å². The summed E-state index contributed by atoms with van der Waals surface area (Å²) < 4.78 is 0. The number of fused-ring (bicyclic) bond motifs is 1. The Morgan fingerprint density at radius 2 is 2.00 bits per heavy atom. The van der Waals surface area contributed by atoms with Gasteiger partial charge < -0.3 is 11.1 Å². The molecule has 0 aliphatic heterocycles. The summed E-state index contributed by atoms with van der Waals surface area (Å²) in [6.07, 6.45) is 0.873. The second kappa shape index (κ2) is 6.01. The predicted octanol–water partition coefficient (Wildman–Crippen LogP) is 2.34. The van der Waals surface area contributed by atoms with Crippen LogP contribution in [0.5, 0.6) is 0 Å². The van der Waals surface area contributed by atoms with Crippen molar-refractivity contribution in [3.8, 4) is 0 Å². The maximum atomic E-state index is 12.1. The first-order valence-electron chi connectivity index (χ1n) is 6.86. The molecule has 0 radical (unpaired) electrons. The number of hydrogen-bond donors (Lipinski definition) is 2. The zero-order valence-electron chi connectivity index (χ0n) is 12.0. The minimum atomic E-state index is -0.138. The first-order chi connectivity index (χ1) is 9.52. The number of carbonyl (C=O) groups is 1. The van der Waals surface area contributed by atoms with Crippen LogP contribution in [0.4, 0.5) is 0 Å². The van der Waals surface area contributed by atoms with Gasteiger partial charge in [-0.05, 0) is 30.5 Å². The summed E-state index contributed by atoms with van der Waals surface area (Å²) in [6.45, 7) is 5.40. The lowest BCUT2D eigenvalue weighted by atomic mass is 9.89. The van der Waals surface area contributed by atoms with E-state index in [-0.39, 0.29) is 11.3 Å². The second-order valence-electron chi connectivity index (χ2n) is 5.77. The Balaban J connectivity index is 2.08.